The Morgan fingerprint density at radius 3 is 2.32 bits per heavy atom. The molecule has 0 radical (unpaired) electrons. The number of thiocarbonyl (C=S) groups is 1. The standard InChI is InChI=1S/C16H12N2O3S/c1-21-12-5-4-10-6-9(2-3-11(10)8-12)7-13-14(19)17-16(22)18-15(13)20/h2-8H,1H3,(H2,17,18,19,20,22). The molecule has 2 aromatic rings. The quantitative estimate of drug-likeness (QED) is 0.504. The molecule has 0 atom stereocenters. The molecular formula is C16H12N2O3S. The summed E-state index contributed by atoms with van der Waals surface area (Å²) in [5, 5.41) is 6.84. The third-order valence-electron chi connectivity index (χ3n) is 3.33. The van der Waals surface area contributed by atoms with Crippen LogP contribution in [0.1, 0.15) is 5.56 Å². The topological polar surface area (TPSA) is 67.4 Å². The van der Waals surface area contributed by atoms with Crippen molar-refractivity contribution in [2.75, 3.05) is 7.11 Å². The average Bonchev–Trinajstić information content (AvgIpc) is 2.50. The second-order valence-corrected chi connectivity index (χ2v) is 5.18. The van der Waals surface area contributed by atoms with Crippen LogP contribution in [0.25, 0.3) is 16.8 Å². The smallest absolute Gasteiger partial charge is 0.263 e. The molecule has 0 bridgehead atoms. The van der Waals surface area contributed by atoms with Gasteiger partial charge < -0.3 is 4.74 Å². The van der Waals surface area contributed by atoms with Crippen LogP contribution < -0.4 is 15.4 Å². The minimum absolute atomic E-state index is 0.0257. The first-order chi connectivity index (χ1) is 10.6. The predicted octanol–water partition coefficient (Wildman–Crippen LogP) is 1.76. The fourth-order valence-electron chi connectivity index (χ4n) is 2.23. The van der Waals surface area contributed by atoms with Crippen LogP contribution in [-0.4, -0.2) is 24.0 Å². The Morgan fingerprint density at radius 2 is 1.64 bits per heavy atom. The van der Waals surface area contributed by atoms with Gasteiger partial charge in [-0.15, -0.1) is 0 Å². The molecule has 0 saturated carbocycles. The lowest BCUT2D eigenvalue weighted by molar-refractivity contribution is -0.123. The van der Waals surface area contributed by atoms with Gasteiger partial charge in [-0.3, -0.25) is 20.2 Å². The van der Waals surface area contributed by atoms with Gasteiger partial charge in [-0.2, -0.15) is 0 Å². The molecule has 0 spiro atoms. The van der Waals surface area contributed by atoms with E-state index in [4.69, 9.17) is 17.0 Å². The summed E-state index contributed by atoms with van der Waals surface area (Å²) < 4.78 is 5.18. The van der Waals surface area contributed by atoms with E-state index in [2.05, 4.69) is 10.6 Å². The molecule has 1 aliphatic heterocycles. The molecule has 22 heavy (non-hydrogen) atoms. The lowest BCUT2D eigenvalue weighted by atomic mass is 10.0. The molecule has 2 N–H and O–H groups in total. The van der Waals surface area contributed by atoms with E-state index in [9.17, 15) is 9.59 Å². The number of methoxy groups -OCH3 is 1. The van der Waals surface area contributed by atoms with Crippen LogP contribution in [0.15, 0.2) is 42.0 Å². The van der Waals surface area contributed by atoms with Gasteiger partial charge in [-0.1, -0.05) is 18.2 Å². The molecular weight excluding hydrogens is 300 g/mol. The van der Waals surface area contributed by atoms with Crippen molar-refractivity contribution in [2.24, 2.45) is 0 Å². The van der Waals surface area contributed by atoms with Crippen molar-refractivity contribution in [1.82, 2.24) is 10.6 Å². The Morgan fingerprint density at radius 1 is 1.00 bits per heavy atom. The normalized spacial score (nSPS) is 14.6. The number of amides is 2. The summed E-state index contributed by atoms with van der Waals surface area (Å²) in [7, 11) is 1.62. The van der Waals surface area contributed by atoms with E-state index < -0.39 is 11.8 Å². The van der Waals surface area contributed by atoms with E-state index in [1.807, 2.05) is 36.4 Å². The van der Waals surface area contributed by atoms with Gasteiger partial charge in [0.05, 0.1) is 7.11 Å². The van der Waals surface area contributed by atoms with E-state index in [0.29, 0.717) is 0 Å². The third kappa shape index (κ3) is 2.68. The molecule has 2 aromatic carbocycles. The second-order valence-electron chi connectivity index (χ2n) is 4.77. The van der Waals surface area contributed by atoms with Crippen LogP contribution in [0.3, 0.4) is 0 Å². The summed E-state index contributed by atoms with van der Waals surface area (Å²) in [6, 6.07) is 11.3. The first-order valence-corrected chi connectivity index (χ1v) is 6.94. The zero-order valence-electron chi connectivity index (χ0n) is 11.7. The highest BCUT2D eigenvalue weighted by molar-refractivity contribution is 7.80. The minimum atomic E-state index is -0.497. The molecule has 2 amide bonds. The zero-order valence-corrected chi connectivity index (χ0v) is 12.5. The van der Waals surface area contributed by atoms with E-state index in [1.54, 1.807) is 7.11 Å². The van der Waals surface area contributed by atoms with E-state index in [0.717, 1.165) is 22.1 Å². The van der Waals surface area contributed by atoms with Crippen molar-refractivity contribution in [1.29, 1.82) is 0 Å². The van der Waals surface area contributed by atoms with Crippen LogP contribution >= 0.6 is 12.2 Å². The molecule has 5 nitrogen and oxygen atoms in total. The number of carbonyl (C=O) groups excluding carboxylic acids is 2. The fourth-order valence-corrected chi connectivity index (χ4v) is 2.42. The predicted molar refractivity (Wildman–Crippen MR) is 87.4 cm³/mol. The molecule has 1 aliphatic rings. The van der Waals surface area contributed by atoms with Gasteiger partial charge in [-0.05, 0) is 52.8 Å². The van der Waals surface area contributed by atoms with E-state index >= 15 is 0 Å². The molecule has 0 aliphatic carbocycles. The highest BCUT2D eigenvalue weighted by Gasteiger charge is 2.25. The minimum Gasteiger partial charge on any atom is -0.497 e. The van der Waals surface area contributed by atoms with E-state index in [-0.39, 0.29) is 10.7 Å². The Hall–Kier alpha value is -2.73. The molecule has 1 saturated heterocycles. The largest absolute Gasteiger partial charge is 0.497 e. The Kier molecular flexibility index (Phi) is 3.60. The zero-order chi connectivity index (χ0) is 15.7. The van der Waals surface area contributed by atoms with Gasteiger partial charge in [-0.25, -0.2) is 0 Å². The highest BCUT2D eigenvalue weighted by atomic mass is 32.1. The van der Waals surface area contributed by atoms with Crippen LogP contribution in [0, 0.1) is 0 Å². The van der Waals surface area contributed by atoms with Gasteiger partial charge in [0.2, 0.25) is 0 Å². The SMILES string of the molecule is COc1ccc2cc(C=C3C(=O)NC(=S)NC3=O)ccc2c1. The maximum absolute atomic E-state index is 11.8. The highest BCUT2D eigenvalue weighted by Crippen LogP contribution is 2.23. The molecule has 6 heteroatoms. The number of benzene rings is 2. The van der Waals surface area contributed by atoms with Crippen molar-refractivity contribution in [3.8, 4) is 5.75 Å². The molecule has 1 heterocycles. The molecule has 1 fully saturated rings. The third-order valence-corrected chi connectivity index (χ3v) is 3.53. The molecule has 0 aromatic heterocycles. The molecule has 3 rings (SSSR count). The van der Waals surface area contributed by atoms with Gasteiger partial charge in [0.1, 0.15) is 11.3 Å². The lowest BCUT2D eigenvalue weighted by Gasteiger charge is -2.16. The van der Waals surface area contributed by atoms with Crippen molar-refractivity contribution in [3.05, 3.63) is 47.5 Å². The Balaban J connectivity index is 2.00. The summed E-state index contributed by atoms with van der Waals surface area (Å²) in [5.74, 6) is -0.217. The van der Waals surface area contributed by atoms with Crippen LogP contribution in [-0.2, 0) is 9.59 Å². The summed E-state index contributed by atoms with van der Waals surface area (Å²) >= 11 is 4.76. The van der Waals surface area contributed by atoms with Gasteiger partial charge in [0.25, 0.3) is 11.8 Å². The lowest BCUT2D eigenvalue weighted by Crippen LogP contribution is -2.51. The van der Waals surface area contributed by atoms with Gasteiger partial charge in [0.15, 0.2) is 5.11 Å². The Bertz CT molecular complexity index is 820. The fraction of sp³-hybridized carbons (Fsp3) is 0.0625. The second kappa shape index (κ2) is 5.57. The van der Waals surface area contributed by atoms with Crippen molar-refractivity contribution < 1.29 is 14.3 Å². The maximum atomic E-state index is 11.8. The molecule has 110 valence electrons. The van der Waals surface area contributed by atoms with Crippen LogP contribution in [0.5, 0.6) is 5.75 Å². The van der Waals surface area contributed by atoms with E-state index in [1.165, 1.54) is 6.08 Å². The number of hydrogen-bond donors (Lipinski definition) is 2. The van der Waals surface area contributed by atoms with Crippen molar-refractivity contribution >= 4 is 46.0 Å². The van der Waals surface area contributed by atoms with Crippen molar-refractivity contribution in [3.63, 3.8) is 0 Å². The first kappa shape index (κ1) is 14.2. The molecule has 0 unspecified atom stereocenters. The van der Waals surface area contributed by atoms with Crippen LogP contribution in [0.4, 0.5) is 0 Å². The maximum Gasteiger partial charge on any atom is 0.263 e. The number of hydrogen-bond acceptors (Lipinski definition) is 4. The van der Waals surface area contributed by atoms with Crippen molar-refractivity contribution in [2.45, 2.75) is 0 Å². The van der Waals surface area contributed by atoms with Gasteiger partial charge >= 0.3 is 0 Å². The number of fused-ring (bicyclic) bond motifs is 1. The number of ether oxygens (including phenoxy) is 1. The summed E-state index contributed by atoms with van der Waals surface area (Å²) in [6.45, 7) is 0. The summed E-state index contributed by atoms with van der Waals surface area (Å²) in [6.07, 6.45) is 1.54. The number of rotatable bonds is 2. The van der Waals surface area contributed by atoms with Crippen LogP contribution in [0.2, 0.25) is 0 Å². The summed E-state index contributed by atoms with van der Waals surface area (Å²) in [4.78, 5) is 23.6. The Labute approximate surface area is 132 Å². The summed E-state index contributed by atoms with van der Waals surface area (Å²) in [5.41, 5.74) is 0.784. The monoisotopic (exact) mass is 312 g/mol. The first-order valence-electron chi connectivity index (χ1n) is 6.53. The van der Waals surface area contributed by atoms with Gasteiger partial charge in [0, 0.05) is 0 Å². The average molecular weight is 312 g/mol. The number of nitrogens with one attached hydrogen (secondary N) is 2. The number of carbonyl (C=O) groups is 2.